The first-order chi connectivity index (χ1) is 11.7. The summed E-state index contributed by atoms with van der Waals surface area (Å²) in [7, 11) is 0. The summed E-state index contributed by atoms with van der Waals surface area (Å²) in [6.07, 6.45) is 0.389. The first-order valence-electron chi connectivity index (χ1n) is 8.17. The van der Waals surface area contributed by atoms with Crippen LogP contribution in [0.15, 0.2) is 35.7 Å². The van der Waals surface area contributed by atoms with Gasteiger partial charge in [-0.25, -0.2) is 0 Å². The predicted molar refractivity (Wildman–Crippen MR) is 97.4 cm³/mol. The van der Waals surface area contributed by atoms with Crippen LogP contribution in [0.4, 0.5) is 5.00 Å². The van der Waals surface area contributed by atoms with Crippen molar-refractivity contribution >= 4 is 28.2 Å². The lowest BCUT2D eigenvalue weighted by molar-refractivity contribution is -0.115. The van der Waals surface area contributed by atoms with Gasteiger partial charge in [0, 0.05) is 43.5 Å². The minimum Gasteiger partial charge on any atom is -0.336 e. The van der Waals surface area contributed by atoms with Crippen molar-refractivity contribution in [3.63, 3.8) is 0 Å². The first kappa shape index (κ1) is 16.7. The van der Waals surface area contributed by atoms with Gasteiger partial charge in [0.05, 0.1) is 5.56 Å². The van der Waals surface area contributed by atoms with Crippen molar-refractivity contribution in [3.05, 3.63) is 41.3 Å². The normalized spacial score (nSPS) is 14.5. The summed E-state index contributed by atoms with van der Waals surface area (Å²) in [5, 5.41) is 8.74. The van der Waals surface area contributed by atoms with Crippen LogP contribution >= 0.6 is 11.3 Å². The summed E-state index contributed by atoms with van der Waals surface area (Å²) in [6, 6.07) is 9.84. The van der Waals surface area contributed by atoms with E-state index in [2.05, 4.69) is 10.6 Å². The fraction of sp³-hybridized carbons (Fsp3) is 0.333. The molecular weight excluding hydrogens is 322 g/mol. The molecule has 1 aromatic heterocycles. The standard InChI is InChI=1S/C18H21N3O2S/c1-2-15(22)20-17-16(18(23)21-10-8-19-9-11-21)14(12-24-17)13-6-4-3-5-7-13/h3-7,12,19H,2,8-11H2,1H3,(H,20,22). The van der Waals surface area contributed by atoms with Gasteiger partial charge in [0.15, 0.2) is 0 Å². The molecule has 0 radical (unpaired) electrons. The summed E-state index contributed by atoms with van der Waals surface area (Å²) >= 11 is 1.41. The molecule has 24 heavy (non-hydrogen) atoms. The third-order valence-corrected chi connectivity index (χ3v) is 4.96. The van der Waals surface area contributed by atoms with Gasteiger partial charge in [-0.3, -0.25) is 9.59 Å². The van der Waals surface area contributed by atoms with Crippen molar-refractivity contribution in [2.75, 3.05) is 31.5 Å². The van der Waals surface area contributed by atoms with E-state index in [4.69, 9.17) is 0 Å². The maximum absolute atomic E-state index is 13.1. The Morgan fingerprint density at radius 3 is 2.58 bits per heavy atom. The molecule has 0 bridgehead atoms. The number of hydrogen-bond acceptors (Lipinski definition) is 4. The van der Waals surface area contributed by atoms with Crippen molar-refractivity contribution in [3.8, 4) is 11.1 Å². The molecule has 5 nitrogen and oxygen atoms in total. The number of anilines is 1. The zero-order chi connectivity index (χ0) is 16.9. The molecule has 1 aliphatic heterocycles. The highest BCUT2D eigenvalue weighted by Gasteiger charge is 2.26. The summed E-state index contributed by atoms with van der Waals surface area (Å²) in [6.45, 7) is 4.77. The molecule has 1 aromatic carbocycles. The zero-order valence-corrected chi connectivity index (χ0v) is 14.5. The second kappa shape index (κ2) is 7.59. The van der Waals surface area contributed by atoms with Crippen LogP contribution in [0.2, 0.25) is 0 Å². The number of carbonyl (C=O) groups excluding carboxylic acids is 2. The van der Waals surface area contributed by atoms with E-state index in [9.17, 15) is 9.59 Å². The average molecular weight is 343 g/mol. The van der Waals surface area contributed by atoms with E-state index in [0.717, 1.165) is 24.2 Å². The summed E-state index contributed by atoms with van der Waals surface area (Å²) in [4.78, 5) is 26.8. The molecule has 0 unspecified atom stereocenters. The van der Waals surface area contributed by atoms with Gasteiger partial charge in [-0.1, -0.05) is 37.3 Å². The van der Waals surface area contributed by atoms with Crippen molar-refractivity contribution in [2.45, 2.75) is 13.3 Å². The average Bonchev–Trinajstić information content (AvgIpc) is 3.05. The second-order valence-corrected chi connectivity index (χ2v) is 6.54. The number of amides is 2. The Bertz CT molecular complexity index is 721. The highest BCUT2D eigenvalue weighted by atomic mass is 32.1. The Morgan fingerprint density at radius 2 is 1.92 bits per heavy atom. The van der Waals surface area contributed by atoms with Crippen molar-refractivity contribution in [1.29, 1.82) is 0 Å². The molecule has 126 valence electrons. The van der Waals surface area contributed by atoms with Gasteiger partial charge < -0.3 is 15.5 Å². The SMILES string of the molecule is CCC(=O)Nc1scc(-c2ccccc2)c1C(=O)N1CCNCC1. The summed E-state index contributed by atoms with van der Waals surface area (Å²) < 4.78 is 0. The Hall–Kier alpha value is -2.18. The van der Waals surface area contributed by atoms with Gasteiger partial charge in [-0.15, -0.1) is 11.3 Å². The number of hydrogen-bond donors (Lipinski definition) is 2. The fourth-order valence-electron chi connectivity index (χ4n) is 2.73. The minimum atomic E-state index is -0.0779. The predicted octanol–water partition coefficient (Wildman–Crippen LogP) is 2.81. The van der Waals surface area contributed by atoms with Crippen LogP contribution in [0.25, 0.3) is 11.1 Å². The van der Waals surface area contributed by atoms with E-state index >= 15 is 0 Å². The lowest BCUT2D eigenvalue weighted by Gasteiger charge is -2.28. The third kappa shape index (κ3) is 3.49. The van der Waals surface area contributed by atoms with Gasteiger partial charge in [-0.2, -0.15) is 0 Å². The fourth-order valence-corrected chi connectivity index (χ4v) is 3.71. The van der Waals surface area contributed by atoms with Gasteiger partial charge in [-0.05, 0) is 5.56 Å². The topological polar surface area (TPSA) is 61.4 Å². The number of thiophene rings is 1. The summed E-state index contributed by atoms with van der Waals surface area (Å²) in [5.41, 5.74) is 2.48. The second-order valence-electron chi connectivity index (χ2n) is 5.66. The van der Waals surface area contributed by atoms with E-state index in [1.807, 2.05) is 40.6 Å². The van der Waals surface area contributed by atoms with E-state index < -0.39 is 0 Å². The molecule has 0 aliphatic carbocycles. The van der Waals surface area contributed by atoms with Crippen LogP contribution in [0, 0.1) is 0 Å². The third-order valence-electron chi connectivity index (χ3n) is 4.07. The van der Waals surface area contributed by atoms with Gasteiger partial charge >= 0.3 is 0 Å². The van der Waals surface area contributed by atoms with Crippen LogP contribution in [-0.2, 0) is 4.79 Å². The Labute approximate surface area is 145 Å². The Morgan fingerprint density at radius 1 is 1.21 bits per heavy atom. The molecular formula is C18H21N3O2S. The largest absolute Gasteiger partial charge is 0.336 e. The van der Waals surface area contributed by atoms with Crippen LogP contribution in [-0.4, -0.2) is 42.9 Å². The number of nitrogens with one attached hydrogen (secondary N) is 2. The smallest absolute Gasteiger partial charge is 0.257 e. The first-order valence-corrected chi connectivity index (χ1v) is 9.05. The van der Waals surface area contributed by atoms with Gasteiger partial charge in [0.1, 0.15) is 5.00 Å². The minimum absolute atomic E-state index is 0.0111. The van der Waals surface area contributed by atoms with Crippen molar-refractivity contribution in [1.82, 2.24) is 10.2 Å². The summed E-state index contributed by atoms with van der Waals surface area (Å²) in [5.74, 6) is -0.0890. The monoisotopic (exact) mass is 343 g/mol. The van der Waals surface area contributed by atoms with Crippen LogP contribution in [0.3, 0.4) is 0 Å². The molecule has 6 heteroatoms. The van der Waals surface area contributed by atoms with E-state index in [0.29, 0.717) is 30.1 Å². The molecule has 1 saturated heterocycles. The molecule has 2 heterocycles. The maximum Gasteiger partial charge on any atom is 0.257 e. The quantitative estimate of drug-likeness (QED) is 0.897. The van der Waals surface area contributed by atoms with E-state index in [1.165, 1.54) is 11.3 Å². The molecule has 0 spiro atoms. The molecule has 0 saturated carbocycles. The number of piperazine rings is 1. The van der Waals surface area contributed by atoms with E-state index in [1.54, 1.807) is 6.92 Å². The number of nitrogens with zero attached hydrogens (tertiary/aromatic N) is 1. The molecule has 1 fully saturated rings. The molecule has 3 rings (SSSR count). The van der Waals surface area contributed by atoms with Crippen LogP contribution in [0.5, 0.6) is 0 Å². The number of benzene rings is 1. The highest BCUT2D eigenvalue weighted by Crippen LogP contribution is 2.36. The van der Waals surface area contributed by atoms with Crippen LogP contribution in [0.1, 0.15) is 23.7 Å². The van der Waals surface area contributed by atoms with E-state index in [-0.39, 0.29) is 11.8 Å². The molecule has 1 aliphatic rings. The molecule has 2 amide bonds. The molecule has 2 aromatic rings. The van der Waals surface area contributed by atoms with Crippen LogP contribution < -0.4 is 10.6 Å². The maximum atomic E-state index is 13.1. The number of carbonyl (C=O) groups is 2. The highest BCUT2D eigenvalue weighted by molar-refractivity contribution is 7.15. The van der Waals surface area contributed by atoms with Crippen molar-refractivity contribution < 1.29 is 9.59 Å². The van der Waals surface area contributed by atoms with Gasteiger partial charge in [0.25, 0.3) is 5.91 Å². The van der Waals surface area contributed by atoms with Crippen molar-refractivity contribution in [2.24, 2.45) is 0 Å². The Balaban J connectivity index is 2.00. The molecule has 2 N–H and O–H groups in total. The zero-order valence-electron chi connectivity index (χ0n) is 13.7. The lowest BCUT2D eigenvalue weighted by Crippen LogP contribution is -2.46. The lowest BCUT2D eigenvalue weighted by atomic mass is 10.0. The number of rotatable bonds is 4. The Kier molecular flexibility index (Phi) is 5.27. The van der Waals surface area contributed by atoms with Gasteiger partial charge in [0.2, 0.25) is 5.91 Å². The molecule has 0 atom stereocenters.